The van der Waals surface area contributed by atoms with Crippen LogP contribution in [0.1, 0.15) is 12.8 Å². The van der Waals surface area contributed by atoms with Crippen LogP contribution in [0.25, 0.3) is 0 Å². The smallest absolute Gasteiger partial charge is 0.223 e. The highest BCUT2D eigenvalue weighted by atomic mass is 32.2. The summed E-state index contributed by atoms with van der Waals surface area (Å²) in [7, 11) is 0.696. The lowest BCUT2D eigenvalue weighted by atomic mass is 9.97. The minimum absolute atomic E-state index is 0.0129. The zero-order chi connectivity index (χ0) is 16.3. The quantitative estimate of drug-likeness (QED) is 0.723. The number of rotatable bonds is 5. The Balaban J connectivity index is 2.00. The van der Waals surface area contributed by atoms with Crippen molar-refractivity contribution in [2.75, 3.05) is 53.2 Å². The molecule has 2 rings (SSSR count). The Bertz CT molecular complexity index is 488. The zero-order valence-corrected chi connectivity index (χ0v) is 14.4. The fourth-order valence-electron chi connectivity index (χ4n) is 3.18. The molecule has 128 valence electrons. The predicted molar refractivity (Wildman–Crippen MR) is 83.9 cm³/mol. The normalized spacial score (nSPS) is 28.2. The Morgan fingerprint density at radius 2 is 1.91 bits per heavy atom. The second-order valence-electron chi connectivity index (χ2n) is 6.60. The molecule has 0 bridgehead atoms. The molecule has 0 aromatic heterocycles. The number of amides is 1. The van der Waals surface area contributed by atoms with Gasteiger partial charge in [-0.15, -0.1) is 0 Å². The van der Waals surface area contributed by atoms with E-state index in [1.165, 1.54) is 10.6 Å². The van der Waals surface area contributed by atoms with Gasteiger partial charge in [-0.1, -0.05) is 0 Å². The van der Waals surface area contributed by atoms with E-state index in [4.69, 9.17) is 4.74 Å². The van der Waals surface area contributed by atoms with E-state index in [1.807, 2.05) is 19.0 Å². The molecular formula is C14H27N3O4S. The monoisotopic (exact) mass is 333 g/mol. The highest BCUT2D eigenvalue weighted by Crippen LogP contribution is 2.22. The van der Waals surface area contributed by atoms with E-state index in [9.17, 15) is 13.2 Å². The first-order valence-electron chi connectivity index (χ1n) is 7.75. The third kappa shape index (κ3) is 4.65. The van der Waals surface area contributed by atoms with Crippen LogP contribution in [0.2, 0.25) is 0 Å². The molecule has 0 aromatic carbocycles. The van der Waals surface area contributed by atoms with Gasteiger partial charge < -0.3 is 15.0 Å². The highest BCUT2D eigenvalue weighted by molar-refractivity contribution is 7.88. The zero-order valence-electron chi connectivity index (χ0n) is 13.6. The summed E-state index contributed by atoms with van der Waals surface area (Å²) >= 11 is 0. The highest BCUT2D eigenvalue weighted by Gasteiger charge is 2.38. The Morgan fingerprint density at radius 1 is 1.27 bits per heavy atom. The van der Waals surface area contributed by atoms with Crippen molar-refractivity contribution in [1.29, 1.82) is 0 Å². The van der Waals surface area contributed by atoms with Crippen molar-refractivity contribution < 1.29 is 17.9 Å². The van der Waals surface area contributed by atoms with E-state index in [0.29, 0.717) is 26.3 Å². The molecule has 0 radical (unpaired) electrons. The molecule has 1 amide bonds. The molecule has 0 aromatic rings. The van der Waals surface area contributed by atoms with Crippen LogP contribution in [0.4, 0.5) is 0 Å². The van der Waals surface area contributed by atoms with E-state index >= 15 is 0 Å². The van der Waals surface area contributed by atoms with Crippen LogP contribution in [0.15, 0.2) is 0 Å². The van der Waals surface area contributed by atoms with Gasteiger partial charge in [-0.2, -0.15) is 4.31 Å². The summed E-state index contributed by atoms with van der Waals surface area (Å²) in [6.07, 6.45) is 2.71. The molecule has 2 atom stereocenters. The van der Waals surface area contributed by atoms with Gasteiger partial charge in [0.25, 0.3) is 0 Å². The number of ether oxygens (including phenoxy) is 1. The van der Waals surface area contributed by atoms with Crippen molar-refractivity contribution in [2.24, 2.45) is 11.8 Å². The Morgan fingerprint density at radius 3 is 2.45 bits per heavy atom. The standard InChI is InChI=1S/C14H27N3O4S/c1-16(2)8-12-9-17(22(3,19)20)10-13(12)15-14(18)11-4-6-21-7-5-11/h11-13H,4-10H2,1-3H3,(H,15,18)/t12-,13-/m1/s1. The maximum absolute atomic E-state index is 12.4. The number of carbonyl (C=O) groups is 1. The summed E-state index contributed by atoms with van der Waals surface area (Å²) in [4.78, 5) is 14.4. The Kier molecular flexibility index (Phi) is 5.81. The molecule has 1 N–H and O–H groups in total. The van der Waals surface area contributed by atoms with Crippen LogP contribution >= 0.6 is 0 Å². The maximum Gasteiger partial charge on any atom is 0.223 e. The lowest BCUT2D eigenvalue weighted by Crippen LogP contribution is -2.46. The van der Waals surface area contributed by atoms with Crippen molar-refractivity contribution in [1.82, 2.24) is 14.5 Å². The summed E-state index contributed by atoms with van der Waals surface area (Å²) in [6.45, 7) is 2.84. The number of nitrogens with zero attached hydrogens (tertiary/aromatic N) is 2. The van der Waals surface area contributed by atoms with Crippen molar-refractivity contribution in [3.63, 3.8) is 0 Å². The van der Waals surface area contributed by atoms with Crippen LogP contribution in [0.3, 0.4) is 0 Å². The van der Waals surface area contributed by atoms with Gasteiger partial charge in [0, 0.05) is 50.7 Å². The van der Waals surface area contributed by atoms with Crippen molar-refractivity contribution in [3.05, 3.63) is 0 Å². The SMILES string of the molecule is CN(C)C[C@@H]1CN(S(C)(=O)=O)C[C@H]1NC(=O)C1CCOCC1. The van der Waals surface area contributed by atoms with Gasteiger partial charge in [0.05, 0.1) is 6.26 Å². The molecule has 2 aliphatic heterocycles. The number of hydrogen-bond donors (Lipinski definition) is 1. The summed E-state index contributed by atoms with van der Waals surface area (Å²) < 4.78 is 30.3. The van der Waals surface area contributed by atoms with Crippen molar-refractivity contribution in [3.8, 4) is 0 Å². The molecule has 0 aliphatic carbocycles. The molecule has 7 nitrogen and oxygen atoms in total. The van der Waals surface area contributed by atoms with Crippen LogP contribution in [0, 0.1) is 11.8 Å². The lowest BCUT2D eigenvalue weighted by molar-refractivity contribution is -0.128. The topological polar surface area (TPSA) is 79.0 Å². The Labute approximate surface area is 133 Å². The van der Waals surface area contributed by atoms with Gasteiger partial charge in [-0.25, -0.2) is 8.42 Å². The van der Waals surface area contributed by atoms with Crippen LogP contribution in [-0.2, 0) is 19.6 Å². The first-order chi connectivity index (χ1) is 10.3. The molecule has 2 saturated heterocycles. The summed E-state index contributed by atoms with van der Waals surface area (Å²) in [6, 6.07) is -0.118. The first kappa shape index (κ1) is 17.7. The largest absolute Gasteiger partial charge is 0.381 e. The second-order valence-corrected chi connectivity index (χ2v) is 8.59. The molecule has 2 aliphatic rings. The van der Waals surface area contributed by atoms with E-state index < -0.39 is 10.0 Å². The number of carbonyl (C=O) groups excluding carboxylic acids is 1. The molecule has 0 spiro atoms. The average Bonchev–Trinajstić information content (AvgIpc) is 2.82. The average molecular weight is 333 g/mol. The van der Waals surface area contributed by atoms with E-state index in [1.54, 1.807) is 0 Å². The second kappa shape index (κ2) is 7.25. The molecule has 0 saturated carbocycles. The maximum atomic E-state index is 12.4. The van der Waals surface area contributed by atoms with Crippen molar-refractivity contribution >= 4 is 15.9 Å². The fraction of sp³-hybridized carbons (Fsp3) is 0.929. The lowest BCUT2D eigenvalue weighted by Gasteiger charge is -2.26. The molecule has 2 fully saturated rings. The molecule has 2 heterocycles. The van der Waals surface area contributed by atoms with Crippen LogP contribution < -0.4 is 5.32 Å². The van der Waals surface area contributed by atoms with Crippen LogP contribution in [-0.4, -0.2) is 82.8 Å². The van der Waals surface area contributed by atoms with Gasteiger partial charge in [0.2, 0.25) is 15.9 Å². The number of hydrogen-bond acceptors (Lipinski definition) is 5. The van der Waals surface area contributed by atoms with Gasteiger partial charge in [-0.3, -0.25) is 4.79 Å². The van der Waals surface area contributed by atoms with E-state index in [0.717, 1.165) is 19.4 Å². The minimum atomic E-state index is -3.22. The Hall–Kier alpha value is -0.700. The summed E-state index contributed by atoms with van der Waals surface area (Å²) in [5, 5.41) is 3.08. The minimum Gasteiger partial charge on any atom is -0.381 e. The van der Waals surface area contributed by atoms with Crippen molar-refractivity contribution in [2.45, 2.75) is 18.9 Å². The van der Waals surface area contributed by atoms with Gasteiger partial charge in [0.1, 0.15) is 0 Å². The number of nitrogens with one attached hydrogen (secondary N) is 1. The summed E-state index contributed by atoms with van der Waals surface area (Å²) in [5.74, 6) is 0.141. The van der Waals surface area contributed by atoms with Gasteiger partial charge >= 0.3 is 0 Å². The molecule has 22 heavy (non-hydrogen) atoms. The number of sulfonamides is 1. The van der Waals surface area contributed by atoms with Gasteiger partial charge in [0.15, 0.2) is 0 Å². The third-order valence-electron chi connectivity index (χ3n) is 4.40. The summed E-state index contributed by atoms with van der Waals surface area (Å²) in [5.41, 5.74) is 0. The third-order valence-corrected chi connectivity index (χ3v) is 5.63. The molecule has 0 unspecified atom stereocenters. The van der Waals surface area contributed by atoms with E-state index in [2.05, 4.69) is 5.32 Å². The van der Waals surface area contributed by atoms with Crippen LogP contribution in [0.5, 0.6) is 0 Å². The van der Waals surface area contributed by atoms with E-state index in [-0.39, 0.29) is 23.8 Å². The van der Waals surface area contributed by atoms with Gasteiger partial charge in [-0.05, 0) is 26.9 Å². The molecular weight excluding hydrogens is 306 g/mol. The fourth-order valence-corrected chi connectivity index (χ4v) is 4.07. The first-order valence-corrected chi connectivity index (χ1v) is 9.60. The molecule has 8 heteroatoms. The predicted octanol–water partition coefficient (Wildman–Crippen LogP) is -0.649.